The summed E-state index contributed by atoms with van der Waals surface area (Å²) in [4.78, 5) is 6.11. The molecule has 0 spiro atoms. The van der Waals surface area contributed by atoms with Crippen LogP contribution in [-0.4, -0.2) is 22.5 Å². The van der Waals surface area contributed by atoms with E-state index in [1.165, 1.54) is 12.8 Å². The topological polar surface area (TPSA) is 16.1 Å². The van der Waals surface area contributed by atoms with Crippen molar-refractivity contribution in [2.24, 2.45) is 0 Å². The van der Waals surface area contributed by atoms with Crippen molar-refractivity contribution in [2.45, 2.75) is 45.2 Å². The lowest BCUT2D eigenvalue weighted by atomic mass is 10.00. The zero-order valence-corrected chi connectivity index (χ0v) is 10.1. The second kappa shape index (κ2) is 5.54. The van der Waals surface area contributed by atoms with E-state index in [1.807, 2.05) is 0 Å². The van der Waals surface area contributed by atoms with Crippen LogP contribution in [0.4, 0.5) is 8.78 Å². The molecule has 1 unspecified atom stereocenters. The normalized spacial score (nSPS) is 21.7. The summed E-state index contributed by atoms with van der Waals surface area (Å²) in [5.41, 5.74) is 0.353. The Balaban J connectivity index is 2.08. The molecule has 0 radical (unpaired) electrons. The van der Waals surface area contributed by atoms with Gasteiger partial charge in [0.25, 0.3) is 0 Å². The number of halogens is 2. The highest BCUT2D eigenvalue weighted by Crippen LogP contribution is 2.21. The summed E-state index contributed by atoms with van der Waals surface area (Å²) in [5, 5.41) is 0. The highest BCUT2D eigenvalue weighted by Gasteiger charge is 2.22. The third kappa shape index (κ3) is 3.00. The number of piperidine rings is 1. The first-order valence-corrected chi connectivity index (χ1v) is 6.24. The van der Waals surface area contributed by atoms with Gasteiger partial charge < -0.3 is 0 Å². The number of aromatic nitrogens is 1. The van der Waals surface area contributed by atoms with Gasteiger partial charge in [0, 0.05) is 18.7 Å². The van der Waals surface area contributed by atoms with E-state index in [2.05, 4.69) is 16.8 Å². The maximum atomic E-state index is 13.5. The predicted molar refractivity (Wildman–Crippen MR) is 62.5 cm³/mol. The molecular formula is C13H18F2N2. The van der Waals surface area contributed by atoms with Crippen LogP contribution in [0, 0.1) is 11.6 Å². The molecule has 1 saturated heterocycles. The summed E-state index contributed by atoms with van der Waals surface area (Å²) >= 11 is 0. The monoisotopic (exact) mass is 240 g/mol. The van der Waals surface area contributed by atoms with Gasteiger partial charge in [-0.15, -0.1) is 0 Å². The first-order chi connectivity index (χ1) is 8.20. The zero-order valence-electron chi connectivity index (χ0n) is 10.1. The summed E-state index contributed by atoms with van der Waals surface area (Å²) in [5.74, 6) is -1.15. The summed E-state index contributed by atoms with van der Waals surface area (Å²) in [7, 11) is 0. The van der Waals surface area contributed by atoms with Gasteiger partial charge in [0.05, 0.1) is 11.9 Å². The molecule has 0 N–H and O–H groups in total. The Morgan fingerprint density at radius 3 is 2.94 bits per heavy atom. The predicted octanol–water partition coefficient (Wildman–Crippen LogP) is 3.12. The van der Waals surface area contributed by atoms with Crippen LogP contribution in [0.3, 0.4) is 0 Å². The third-order valence-corrected chi connectivity index (χ3v) is 3.46. The molecule has 0 aromatic carbocycles. The Kier molecular flexibility index (Phi) is 4.05. The lowest BCUT2D eigenvalue weighted by Crippen LogP contribution is -2.38. The Hall–Kier alpha value is -1.03. The molecule has 1 aromatic rings. The number of pyridine rings is 1. The summed E-state index contributed by atoms with van der Waals surface area (Å²) in [6.45, 7) is 3.62. The highest BCUT2D eigenvalue weighted by molar-refractivity contribution is 5.08. The summed E-state index contributed by atoms with van der Waals surface area (Å²) in [6, 6.07) is 1.42. The van der Waals surface area contributed by atoms with Gasteiger partial charge >= 0.3 is 0 Å². The number of nitrogens with zero attached hydrogens (tertiary/aromatic N) is 2. The third-order valence-electron chi connectivity index (χ3n) is 3.46. The molecule has 1 fully saturated rings. The van der Waals surface area contributed by atoms with Gasteiger partial charge in [0.2, 0.25) is 0 Å². The van der Waals surface area contributed by atoms with Crippen LogP contribution in [0.15, 0.2) is 12.3 Å². The van der Waals surface area contributed by atoms with Crippen molar-refractivity contribution in [3.8, 4) is 0 Å². The highest BCUT2D eigenvalue weighted by atomic mass is 19.1. The molecule has 1 aliphatic heterocycles. The Morgan fingerprint density at radius 2 is 2.24 bits per heavy atom. The van der Waals surface area contributed by atoms with Gasteiger partial charge in [-0.2, -0.15) is 0 Å². The number of likely N-dealkylation sites (tertiary alicyclic amines) is 1. The van der Waals surface area contributed by atoms with E-state index in [0.29, 0.717) is 18.3 Å². The molecule has 0 amide bonds. The lowest BCUT2D eigenvalue weighted by Gasteiger charge is -2.34. The van der Waals surface area contributed by atoms with Gasteiger partial charge in [-0.05, 0) is 25.8 Å². The van der Waals surface area contributed by atoms with Gasteiger partial charge in [-0.1, -0.05) is 13.3 Å². The zero-order chi connectivity index (χ0) is 12.3. The molecular weight excluding hydrogens is 222 g/mol. The van der Waals surface area contributed by atoms with E-state index in [0.717, 1.165) is 31.6 Å². The van der Waals surface area contributed by atoms with E-state index < -0.39 is 11.6 Å². The average Bonchev–Trinajstić information content (AvgIpc) is 2.33. The minimum atomic E-state index is -0.614. The SMILES string of the molecule is CCC1CCCCN1Cc1ncc(F)cc1F. The Labute approximate surface area is 101 Å². The van der Waals surface area contributed by atoms with Crippen molar-refractivity contribution in [1.82, 2.24) is 9.88 Å². The number of hydrogen-bond acceptors (Lipinski definition) is 2. The van der Waals surface area contributed by atoms with Crippen LogP contribution >= 0.6 is 0 Å². The van der Waals surface area contributed by atoms with E-state index in [1.54, 1.807) is 0 Å². The van der Waals surface area contributed by atoms with E-state index in [4.69, 9.17) is 0 Å². The quantitative estimate of drug-likeness (QED) is 0.807. The van der Waals surface area contributed by atoms with Crippen molar-refractivity contribution < 1.29 is 8.78 Å². The van der Waals surface area contributed by atoms with Crippen LogP contribution in [0.1, 0.15) is 38.3 Å². The maximum Gasteiger partial charge on any atom is 0.148 e. The molecule has 1 atom stereocenters. The van der Waals surface area contributed by atoms with Crippen LogP contribution in [0.5, 0.6) is 0 Å². The van der Waals surface area contributed by atoms with Crippen molar-refractivity contribution in [3.63, 3.8) is 0 Å². The second-order valence-corrected chi connectivity index (χ2v) is 4.61. The van der Waals surface area contributed by atoms with Crippen LogP contribution in [0.2, 0.25) is 0 Å². The van der Waals surface area contributed by atoms with Gasteiger partial charge in [-0.3, -0.25) is 9.88 Å². The average molecular weight is 240 g/mol. The van der Waals surface area contributed by atoms with E-state index in [9.17, 15) is 8.78 Å². The second-order valence-electron chi connectivity index (χ2n) is 4.61. The largest absolute Gasteiger partial charge is 0.294 e. The first kappa shape index (κ1) is 12.4. The fourth-order valence-electron chi connectivity index (χ4n) is 2.48. The fraction of sp³-hybridized carbons (Fsp3) is 0.615. The number of hydrogen-bond donors (Lipinski definition) is 0. The lowest BCUT2D eigenvalue weighted by molar-refractivity contribution is 0.132. The molecule has 1 aliphatic rings. The molecule has 0 saturated carbocycles. The molecule has 0 bridgehead atoms. The summed E-state index contributed by atoms with van der Waals surface area (Å²) in [6.07, 6.45) is 5.72. The summed E-state index contributed by atoms with van der Waals surface area (Å²) < 4.78 is 26.3. The first-order valence-electron chi connectivity index (χ1n) is 6.24. The van der Waals surface area contributed by atoms with Crippen molar-refractivity contribution in [3.05, 3.63) is 29.6 Å². The van der Waals surface area contributed by atoms with Crippen LogP contribution in [0.25, 0.3) is 0 Å². The van der Waals surface area contributed by atoms with Gasteiger partial charge in [0.1, 0.15) is 11.6 Å². The molecule has 2 heterocycles. The maximum absolute atomic E-state index is 13.5. The molecule has 1 aromatic heterocycles. The number of rotatable bonds is 3. The van der Waals surface area contributed by atoms with Crippen LogP contribution in [-0.2, 0) is 6.54 Å². The minimum absolute atomic E-state index is 0.353. The molecule has 94 valence electrons. The molecule has 17 heavy (non-hydrogen) atoms. The van der Waals surface area contributed by atoms with Crippen molar-refractivity contribution in [2.75, 3.05) is 6.54 Å². The molecule has 2 nitrogen and oxygen atoms in total. The Morgan fingerprint density at radius 1 is 1.41 bits per heavy atom. The Bertz CT molecular complexity index is 382. The van der Waals surface area contributed by atoms with Crippen molar-refractivity contribution >= 4 is 0 Å². The van der Waals surface area contributed by atoms with Crippen molar-refractivity contribution in [1.29, 1.82) is 0 Å². The molecule has 0 aliphatic carbocycles. The van der Waals surface area contributed by atoms with E-state index in [-0.39, 0.29) is 0 Å². The molecule has 4 heteroatoms. The molecule has 2 rings (SSSR count). The van der Waals surface area contributed by atoms with Gasteiger partial charge in [-0.25, -0.2) is 8.78 Å². The standard InChI is InChI=1S/C13H18F2N2/c1-2-11-5-3-4-6-17(11)9-13-12(15)7-10(14)8-16-13/h7-8,11H,2-6,9H2,1H3. The fourth-order valence-corrected chi connectivity index (χ4v) is 2.48. The van der Waals surface area contributed by atoms with E-state index >= 15 is 0 Å². The smallest absolute Gasteiger partial charge is 0.148 e. The minimum Gasteiger partial charge on any atom is -0.294 e. The van der Waals surface area contributed by atoms with Gasteiger partial charge in [0.15, 0.2) is 0 Å². The van der Waals surface area contributed by atoms with Crippen LogP contribution < -0.4 is 0 Å².